The van der Waals surface area contributed by atoms with Gasteiger partial charge in [0.05, 0.1) is 17.6 Å². The molecule has 0 amide bonds. The maximum Gasteiger partial charge on any atom is 0.211 e. The van der Waals surface area contributed by atoms with Crippen LogP contribution in [0.2, 0.25) is 0 Å². The minimum Gasteiger partial charge on any atom is -0.264 e. The summed E-state index contributed by atoms with van der Waals surface area (Å²) in [4.78, 5) is 9.31. The Morgan fingerprint density at radius 1 is 1.33 bits per heavy atom. The third-order valence-corrected chi connectivity index (χ3v) is 5.64. The van der Waals surface area contributed by atoms with Gasteiger partial charge >= 0.3 is 0 Å². The van der Waals surface area contributed by atoms with Gasteiger partial charge in [-0.3, -0.25) is 4.68 Å². The lowest BCUT2D eigenvalue weighted by Gasteiger charge is -2.30. The Hall–Kier alpha value is -1.80. The maximum absolute atomic E-state index is 11.8. The van der Waals surface area contributed by atoms with Crippen molar-refractivity contribution in [3.8, 4) is 11.4 Å². The molecule has 3 rings (SSSR count). The summed E-state index contributed by atoms with van der Waals surface area (Å²) in [7, 11) is -3.18. The van der Waals surface area contributed by atoms with Gasteiger partial charge in [0.1, 0.15) is 5.82 Å². The number of aryl methyl sites for hydroxylation is 2. The standard InChI is InChI=1S/C16H23N5O2S/c1-4-21-15(7-8-17-21)14-10-12(2)18-16(19-14)13-6-5-9-20(11-13)24(3,22)23/h7-8,10,13H,4-6,9,11H2,1-3H3/t13-/m1/s1. The van der Waals surface area contributed by atoms with E-state index in [0.29, 0.717) is 13.1 Å². The molecule has 0 aliphatic carbocycles. The van der Waals surface area contributed by atoms with Gasteiger partial charge in [-0.1, -0.05) is 0 Å². The molecule has 1 atom stereocenters. The summed E-state index contributed by atoms with van der Waals surface area (Å²) in [6, 6.07) is 3.89. The van der Waals surface area contributed by atoms with Crippen LogP contribution in [0.25, 0.3) is 11.4 Å². The van der Waals surface area contributed by atoms with E-state index in [1.54, 1.807) is 6.20 Å². The van der Waals surface area contributed by atoms with Crippen LogP contribution in [0, 0.1) is 6.92 Å². The molecule has 0 radical (unpaired) electrons. The van der Waals surface area contributed by atoms with Crippen LogP contribution in [-0.4, -0.2) is 51.8 Å². The molecule has 1 aliphatic rings. The van der Waals surface area contributed by atoms with Gasteiger partial charge in [0, 0.05) is 37.4 Å². The van der Waals surface area contributed by atoms with Crippen LogP contribution in [0.15, 0.2) is 18.3 Å². The van der Waals surface area contributed by atoms with Gasteiger partial charge in [0.15, 0.2) is 0 Å². The van der Waals surface area contributed by atoms with Crippen molar-refractivity contribution in [2.45, 2.75) is 39.2 Å². The molecule has 2 aromatic rings. The summed E-state index contributed by atoms with van der Waals surface area (Å²) in [6.07, 6.45) is 4.76. The third-order valence-electron chi connectivity index (χ3n) is 4.37. The Balaban J connectivity index is 1.94. The van der Waals surface area contributed by atoms with Gasteiger partial charge in [-0.25, -0.2) is 22.7 Å². The van der Waals surface area contributed by atoms with E-state index in [0.717, 1.165) is 42.3 Å². The fraction of sp³-hybridized carbons (Fsp3) is 0.562. The average Bonchev–Trinajstić information content (AvgIpc) is 3.02. The Bertz CT molecular complexity index is 831. The summed E-state index contributed by atoms with van der Waals surface area (Å²) in [5.41, 5.74) is 2.68. The fourth-order valence-electron chi connectivity index (χ4n) is 3.16. The molecule has 8 heteroatoms. The molecule has 0 unspecified atom stereocenters. The molecular formula is C16H23N5O2S. The zero-order chi connectivity index (χ0) is 17.3. The highest BCUT2D eigenvalue weighted by Gasteiger charge is 2.29. The lowest BCUT2D eigenvalue weighted by atomic mass is 9.98. The first-order valence-corrected chi connectivity index (χ1v) is 10.1. The van der Waals surface area contributed by atoms with Crippen molar-refractivity contribution in [3.63, 3.8) is 0 Å². The van der Waals surface area contributed by atoms with E-state index < -0.39 is 10.0 Å². The van der Waals surface area contributed by atoms with Crippen molar-refractivity contribution in [2.24, 2.45) is 0 Å². The second-order valence-corrected chi connectivity index (χ2v) is 8.23. The van der Waals surface area contributed by atoms with Crippen molar-refractivity contribution in [2.75, 3.05) is 19.3 Å². The predicted octanol–water partition coefficient (Wildman–Crippen LogP) is 1.81. The van der Waals surface area contributed by atoms with Crippen LogP contribution < -0.4 is 0 Å². The number of hydrogen-bond acceptors (Lipinski definition) is 5. The van der Waals surface area contributed by atoms with Crippen LogP contribution in [0.4, 0.5) is 0 Å². The molecule has 1 fully saturated rings. The van der Waals surface area contributed by atoms with Crippen molar-refractivity contribution < 1.29 is 8.42 Å². The number of hydrogen-bond donors (Lipinski definition) is 0. The van der Waals surface area contributed by atoms with Crippen molar-refractivity contribution in [1.82, 2.24) is 24.1 Å². The summed E-state index contributed by atoms with van der Waals surface area (Å²) in [5, 5.41) is 4.30. The van der Waals surface area contributed by atoms with Crippen LogP contribution >= 0.6 is 0 Å². The number of nitrogens with zero attached hydrogens (tertiary/aromatic N) is 5. The van der Waals surface area contributed by atoms with Gasteiger partial charge in [0.2, 0.25) is 10.0 Å². The number of aromatic nitrogens is 4. The molecule has 1 saturated heterocycles. The molecule has 0 spiro atoms. The third kappa shape index (κ3) is 3.49. The Morgan fingerprint density at radius 3 is 2.83 bits per heavy atom. The van der Waals surface area contributed by atoms with Crippen LogP contribution in [-0.2, 0) is 16.6 Å². The van der Waals surface area contributed by atoms with E-state index in [1.165, 1.54) is 10.6 Å². The molecular weight excluding hydrogens is 326 g/mol. The summed E-state index contributed by atoms with van der Waals surface area (Å²) in [5.74, 6) is 0.757. The second kappa shape index (κ2) is 6.60. The minimum atomic E-state index is -3.18. The Morgan fingerprint density at radius 2 is 2.12 bits per heavy atom. The highest BCUT2D eigenvalue weighted by molar-refractivity contribution is 7.88. The largest absolute Gasteiger partial charge is 0.264 e. The second-order valence-electron chi connectivity index (χ2n) is 6.25. The van der Waals surface area contributed by atoms with Gasteiger partial charge in [-0.05, 0) is 38.8 Å². The van der Waals surface area contributed by atoms with E-state index in [1.807, 2.05) is 30.7 Å². The number of sulfonamides is 1. The van der Waals surface area contributed by atoms with E-state index >= 15 is 0 Å². The summed E-state index contributed by atoms with van der Waals surface area (Å²) < 4.78 is 27.1. The zero-order valence-corrected chi connectivity index (χ0v) is 15.1. The lowest BCUT2D eigenvalue weighted by molar-refractivity contribution is 0.311. The van der Waals surface area contributed by atoms with Gasteiger partial charge < -0.3 is 0 Å². The van der Waals surface area contributed by atoms with Gasteiger partial charge in [-0.2, -0.15) is 5.10 Å². The lowest BCUT2D eigenvalue weighted by Crippen LogP contribution is -2.38. The SMILES string of the molecule is CCn1nccc1-c1cc(C)nc([C@@H]2CCCN(S(C)(=O)=O)C2)n1. The van der Waals surface area contributed by atoms with Gasteiger partial charge in [-0.15, -0.1) is 0 Å². The molecule has 0 saturated carbocycles. The highest BCUT2D eigenvalue weighted by atomic mass is 32.2. The molecule has 0 bridgehead atoms. The van der Waals surface area contributed by atoms with E-state index in [4.69, 9.17) is 4.98 Å². The number of rotatable bonds is 4. The van der Waals surface area contributed by atoms with Crippen LogP contribution in [0.3, 0.4) is 0 Å². The molecule has 3 heterocycles. The number of piperidine rings is 1. The topological polar surface area (TPSA) is 81.0 Å². The minimum absolute atomic E-state index is 0.0325. The maximum atomic E-state index is 11.8. The predicted molar refractivity (Wildman–Crippen MR) is 92.1 cm³/mol. The molecule has 1 aliphatic heterocycles. The van der Waals surface area contributed by atoms with Crippen LogP contribution in [0.1, 0.15) is 37.2 Å². The zero-order valence-electron chi connectivity index (χ0n) is 14.3. The first-order chi connectivity index (χ1) is 11.4. The van der Waals surface area contributed by atoms with E-state index in [9.17, 15) is 8.42 Å². The fourth-order valence-corrected chi connectivity index (χ4v) is 4.07. The first kappa shape index (κ1) is 17.0. The van der Waals surface area contributed by atoms with Crippen LogP contribution in [0.5, 0.6) is 0 Å². The highest BCUT2D eigenvalue weighted by Crippen LogP contribution is 2.28. The van der Waals surface area contributed by atoms with Crippen molar-refractivity contribution in [1.29, 1.82) is 0 Å². The van der Waals surface area contributed by atoms with Gasteiger partial charge in [0.25, 0.3) is 0 Å². The van der Waals surface area contributed by atoms with Crippen molar-refractivity contribution >= 4 is 10.0 Å². The molecule has 0 N–H and O–H groups in total. The summed E-state index contributed by atoms with van der Waals surface area (Å²) >= 11 is 0. The molecule has 2 aromatic heterocycles. The molecule has 0 aromatic carbocycles. The summed E-state index contributed by atoms with van der Waals surface area (Å²) in [6.45, 7) is 5.78. The Kier molecular flexibility index (Phi) is 4.69. The quantitative estimate of drug-likeness (QED) is 0.841. The first-order valence-electron chi connectivity index (χ1n) is 8.21. The monoisotopic (exact) mass is 349 g/mol. The average molecular weight is 349 g/mol. The molecule has 24 heavy (non-hydrogen) atoms. The molecule has 130 valence electrons. The smallest absolute Gasteiger partial charge is 0.211 e. The molecule has 7 nitrogen and oxygen atoms in total. The van der Waals surface area contributed by atoms with E-state index in [-0.39, 0.29) is 5.92 Å². The van der Waals surface area contributed by atoms with Crippen molar-refractivity contribution in [3.05, 3.63) is 29.8 Å². The van der Waals surface area contributed by atoms with E-state index in [2.05, 4.69) is 10.1 Å². The normalized spacial score (nSPS) is 19.5. The Labute approximate surface area is 142 Å².